The molecule has 0 radical (unpaired) electrons. The normalized spacial score (nSPS) is 13.6. The van der Waals surface area contributed by atoms with E-state index in [1.807, 2.05) is 42.2 Å². The third-order valence-corrected chi connectivity index (χ3v) is 4.07. The zero-order chi connectivity index (χ0) is 15.7. The molecular formula is C19H21NO2. The van der Waals surface area contributed by atoms with E-state index in [-0.39, 0.29) is 5.91 Å². The lowest BCUT2D eigenvalue weighted by Crippen LogP contribution is -2.22. The van der Waals surface area contributed by atoms with Crippen LogP contribution in [-0.4, -0.2) is 12.5 Å². The number of benzene rings is 2. The van der Waals surface area contributed by atoms with E-state index in [1.165, 1.54) is 5.56 Å². The monoisotopic (exact) mass is 295 g/mol. The molecule has 0 aliphatic carbocycles. The molecule has 114 valence electrons. The maximum Gasteiger partial charge on any atom is 0.259 e. The molecule has 1 aliphatic rings. The van der Waals surface area contributed by atoms with Crippen LogP contribution in [0.3, 0.4) is 0 Å². The van der Waals surface area contributed by atoms with Gasteiger partial charge in [0.05, 0.1) is 13.2 Å². The summed E-state index contributed by atoms with van der Waals surface area (Å²) < 4.78 is 5.49. The van der Waals surface area contributed by atoms with Crippen LogP contribution < -0.4 is 9.64 Å². The third-order valence-electron chi connectivity index (χ3n) is 4.07. The topological polar surface area (TPSA) is 29.5 Å². The number of fused-ring (bicyclic) bond motifs is 1. The number of carbonyl (C=O) groups excluding carboxylic acids is 1. The standard InChI is InChI=1S/C19H21NO2/c1-4-22-17-10-7-15-12-20(19(21)18(15)11-17)16-8-5-14(6-9-16)13(2)3/h5-11,13H,4,12H2,1-3H3. The molecule has 0 saturated carbocycles. The first-order valence-electron chi connectivity index (χ1n) is 7.77. The number of anilines is 1. The molecule has 0 fully saturated rings. The Morgan fingerprint density at radius 2 is 1.86 bits per heavy atom. The van der Waals surface area contributed by atoms with Crippen molar-refractivity contribution in [3.8, 4) is 5.75 Å². The lowest BCUT2D eigenvalue weighted by Gasteiger charge is -2.16. The van der Waals surface area contributed by atoms with Crippen molar-refractivity contribution in [3.63, 3.8) is 0 Å². The van der Waals surface area contributed by atoms with Crippen LogP contribution in [0.25, 0.3) is 0 Å². The lowest BCUT2D eigenvalue weighted by atomic mass is 10.0. The highest BCUT2D eigenvalue weighted by Crippen LogP contribution is 2.31. The van der Waals surface area contributed by atoms with Gasteiger partial charge in [0.15, 0.2) is 0 Å². The Hall–Kier alpha value is -2.29. The van der Waals surface area contributed by atoms with Gasteiger partial charge in [-0.3, -0.25) is 4.79 Å². The minimum Gasteiger partial charge on any atom is -0.494 e. The fourth-order valence-corrected chi connectivity index (χ4v) is 2.78. The first-order chi connectivity index (χ1) is 10.6. The Balaban J connectivity index is 1.87. The van der Waals surface area contributed by atoms with Gasteiger partial charge in [-0.05, 0) is 48.2 Å². The number of hydrogen-bond acceptors (Lipinski definition) is 2. The molecule has 0 bridgehead atoms. The van der Waals surface area contributed by atoms with Crippen LogP contribution in [0, 0.1) is 0 Å². The molecule has 0 spiro atoms. The largest absolute Gasteiger partial charge is 0.494 e. The van der Waals surface area contributed by atoms with E-state index in [2.05, 4.69) is 26.0 Å². The molecule has 1 amide bonds. The van der Waals surface area contributed by atoms with Gasteiger partial charge in [-0.25, -0.2) is 0 Å². The number of nitrogens with zero attached hydrogens (tertiary/aromatic N) is 1. The Morgan fingerprint density at radius 3 is 2.50 bits per heavy atom. The predicted octanol–water partition coefficient (Wildman–Crippen LogP) is 4.37. The summed E-state index contributed by atoms with van der Waals surface area (Å²) in [6.07, 6.45) is 0. The molecule has 0 N–H and O–H groups in total. The van der Waals surface area contributed by atoms with E-state index in [4.69, 9.17) is 4.74 Å². The van der Waals surface area contributed by atoms with E-state index in [0.29, 0.717) is 19.1 Å². The highest BCUT2D eigenvalue weighted by atomic mass is 16.5. The van der Waals surface area contributed by atoms with Gasteiger partial charge in [0.1, 0.15) is 5.75 Å². The maximum absolute atomic E-state index is 12.6. The number of carbonyl (C=O) groups is 1. The summed E-state index contributed by atoms with van der Waals surface area (Å²) in [6.45, 7) is 7.51. The molecule has 1 aliphatic heterocycles. The maximum atomic E-state index is 12.6. The van der Waals surface area contributed by atoms with Crippen LogP contribution in [-0.2, 0) is 6.54 Å². The van der Waals surface area contributed by atoms with Crippen LogP contribution >= 0.6 is 0 Å². The van der Waals surface area contributed by atoms with Gasteiger partial charge in [0.25, 0.3) is 5.91 Å². The zero-order valence-corrected chi connectivity index (χ0v) is 13.3. The van der Waals surface area contributed by atoms with Crippen molar-refractivity contribution in [2.24, 2.45) is 0 Å². The van der Waals surface area contributed by atoms with Crippen molar-refractivity contribution < 1.29 is 9.53 Å². The van der Waals surface area contributed by atoms with E-state index in [1.54, 1.807) is 0 Å². The molecule has 3 rings (SSSR count). The first kappa shape index (κ1) is 14.6. The van der Waals surface area contributed by atoms with Crippen molar-refractivity contribution >= 4 is 11.6 Å². The van der Waals surface area contributed by atoms with Gasteiger partial charge in [-0.2, -0.15) is 0 Å². The Bertz CT molecular complexity index is 689. The van der Waals surface area contributed by atoms with E-state index in [0.717, 1.165) is 22.6 Å². The van der Waals surface area contributed by atoms with E-state index >= 15 is 0 Å². The number of rotatable bonds is 4. The molecule has 0 unspecified atom stereocenters. The van der Waals surface area contributed by atoms with Gasteiger partial charge in [-0.1, -0.05) is 32.0 Å². The SMILES string of the molecule is CCOc1ccc2c(c1)C(=O)N(c1ccc(C(C)C)cc1)C2. The van der Waals surface area contributed by atoms with Gasteiger partial charge in [0, 0.05) is 11.3 Å². The van der Waals surface area contributed by atoms with Gasteiger partial charge < -0.3 is 9.64 Å². The third kappa shape index (κ3) is 2.59. The summed E-state index contributed by atoms with van der Waals surface area (Å²) in [5, 5.41) is 0. The van der Waals surface area contributed by atoms with Gasteiger partial charge in [-0.15, -0.1) is 0 Å². The van der Waals surface area contributed by atoms with Gasteiger partial charge in [0.2, 0.25) is 0 Å². The summed E-state index contributed by atoms with van der Waals surface area (Å²) >= 11 is 0. The Labute approximate surface area is 131 Å². The van der Waals surface area contributed by atoms with Crippen LogP contribution in [0.1, 0.15) is 48.2 Å². The number of amides is 1. The quantitative estimate of drug-likeness (QED) is 0.838. The highest BCUT2D eigenvalue weighted by molar-refractivity contribution is 6.10. The molecule has 3 heteroatoms. The Kier molecular flexibility index (Phi) is 3.88. The number of hydrogen-bond donors (Lipinski definition) is 0. The van der Waals surface area contributed by atoms with Crippen molar-refractivity contribution in [2.45, 2.75) is 33.2 Å². The smallest absolute Gasteiger partial charge is 0.259 e. The van der Waals surface area contributed by atoms with E-state index < -0.39 is 0 Å². The van der Waals surface area contributed by atoms with Crippen LogP contribution in [0.2, 0.25) is 0 Å². The summed E-state index contributed by atoms with van der Waals surface area (Å²) in [5.41, 5.74) is 4.04. The minimum absolute atomic E-state index is 0.0499. The van der Waals surface area contributed by atoms with E-state index in [9.17, 15) is 4.79 Å². The van der Waals surface area contributed by atoms with Gasteiger partial charge >= 0.3 is 0 Å². The summed E-state index contributed by atoms with van der Waals surface area (Å²) in [5.74, 6) is 1.30. The minimum atomic E-state index is 0.0499. The molecule has 3 nitrogen and oxygen atoms in total. The second-order valence-corrected chi connectivity index (χ2v) is 5.89. The molecule has 22 heavy (non-hydrogen) atoms. The van der Waals surface area contributed by atoms with Crippen LogP contribution in [0.15, 0.2) is 42.5 Å². The molecular weight excluding hydrogens is 274 g/mol. The lowest BCUT2D eigenvalue weighted by molar-refractivity contribution is 0.0996. The number of ether oxygens (including phenoxy) is 1. The fraction of sp³-hybridized carbons (Fsp3) is 0.316. The van der Waals surface area contributed by atoms with Crippen molar-refractivity contribution in [1.82, 2.24) is 0 Å². The Morgan fingerprint density at radius 1 is 1.14 bits per heavy atom. The fourth-order valence-electron chi connectivity index (χ4n) is 2.78. The van der Waals surface area contributed by atoms with Crippen molar-refractivity contribution in [2.75, 3.05) is 11.5 Å². The average Bonchev–Trinajstić information content (AvgIpc) is 2.85. The molecule has 0 atom stereocenters. The van der Waals surface area contributed by atoms with Crippen LogP contribution in [0.4, 0.5) is 5.69 Å². The molecule has 2 aromatic carbocycles. The summed E-state index contributed by atoms with van der Waals surface area (Å²) in [4.78, 5) is 14.5. The van der Waals surface area contributed by atoms with Crippen LogP contribution in [0.5, 0.6) is 5.75 Å². The molecule has 2 aromatic rings. The highest BCUT2D eigenvalue weighted by Gasteiger charge is 2.28. The predicted molar refractivity (Wildman–Crippen MR) is 88.7 cm³/mol. The van der Waals surface area contributed by atoms with Crippen molar-refractivity contribution in [3.05, 3.63) is 59.2 Å². The summed E-state index contributed by atoms with van der Waals surface area (Å²) in [6, 6.07) is 14.0. The van der Waals surface area contributed by atoms with Crippen molar-refractivity contribution in [1.29, 1.82) is 0 Å². The first-order valence-corrected chi connectivity index (χ1v) is 7.77. The molecule has 0 saturated heterocycles. The zero-order valence-electron chi connectivity index (χ0n) is 13.3. The second kappa shape index (κ2) is 5.84. The second-order valence-electron chi connectivity index (χ2n) is 5.89. The molecule has 0 aromatic heterocycles. The molecule has 1 heterocycles. The summed E-state index contributed by atoms with van der Waals surface area (Å²) in [7, 11) is 0. The average molecular weight is 295 g/mol.